The van der Waals surface area contributed by atoms with Crippen LogP contribution in [0.1, 0.15) is 23.6 Å². The van der Waals surface area contributed by atoms with Crippen molar-refractivity contribution in [2.24, 2.45) is 5.73 Å². The number of halogens is 3. The maximum atomic E-state index is 13.9. The fraction of sp³-hybridized carbons (Fsp3) is 0.200. The Morgan fingerprint density at radius 2 is 1.79 bits per heavy atom. The van der Waals surface area contributed by atoms with E-state index in [0.717, 1.165) is 29.5 Å². The summed E-state index contributed by atoms with van der Waals surface area (Å²) in [5, 5.41) is 1.14. The molecule has 4 heteroatoms. The van der Waals surface area contributed by atoms with Crippen LogP contribution in [0.25, 0.3) is 11.1 Å². The van der Waals surface area contributed by atoms with Gasteiger partial charge in [-0.15, -0.1) is 0 Å². The predicted molar refractivity (Wildman–Crippen MR) is 77.1 cm³/mol. The molecule has 0 fully saturated rings. The van der Waals surface area contributed by atoms with Crippen molar-refractivity contribution < 1.29 is 4.39 Å². The minimum atomic E-state index is -0.244. The van der Waals surface area contributed by atoms with Crippen molar-refractivity contribution in [2.75, 3.05) is 0 Å². The zero-order chi connectivity index (χ0) is 13.6. The fourth-order valence-corrected chi connectivity index (χ4v) is 3.34. The van der Waals surface area contributed by atoms with E-state index in [1.807, 2.05) is 0 Å². The zero-order valence-corrected chi connectivity index (χ0v) is 11.6. The number of benzene rings is 2. The summed E-state index contributed by atoms with van der Waals surface area (Å²) in [6.07, 6.45) is 1.51. The van der Waals surface area contributed by atoms with Crippen molar-refractivity contribution in [3.63, 3.8) is 0 Å². The summed E-state index contributed by atoms with van der Waals surface area (Å²) >= 11 is 12.5. The first-order chi connectivity index (χ1) is 9.09. The summed E-state index contributed by atoms with van der Waals surface area (Å²) < 4.78 is 13.9. The van der Waals surface area contributed by atoms with Crippen molar-refractivity contribution >= 4 is 23.2 Å². The standard InChI is InChI=1S/C15H12Cl2FN/c16-10-2-1-3-11(17)14(10)8-4-6-12(18)15-9(8)5-7-13(15)19/h1-4,6,13H,5,7,19H2/t13-/m1/s1. The van der Waals surface area contributed by atoms with Crippen LogP contribution in [0.5, 0.6) is 0 Å². The Morgan fingerprint density at radius 3 is 2.47 bits per heavy atom. The Bertz CT molecular complexity index is 635. The molecule has 1 aliphatic carbocycles. The Kier molecular flexibility index (Phi) is 3.25. The highest BCUT2D eigenvalue weighted by atomic mass is 35.5. The summed E-state index contributed by atoms with van der Waals surface area (Å²) in [7, 11) is 0. The molecule has 19 heavy (non-hydrogen) atoms. The number of hydrogen-bond donors (Lipinski definition) is 1. The molecule has 3 rings (SSSR count). The van der Waals surface area contributed by atoms with Crippen molar-refractivity contribution in [2.45, 2.75) is 18.9 Å². The second-order valence-corrected chi connectivity index (χ2v) is 5.54. The second kappa shape index (κ2) is 4.78. The molecule has 0 amide bonds. The van der Waals surface area contributed by atoms with E-state index in [0.29, 0.717) is 15.6 Å². The molecule has 0 spiro atoms. The highest BCUT2D eigenvalue weighted by Gasteiger charge is 2.27. The third-order valence-electron chi connectivity index (χ3n) is 3.61. The maximum Gasteiger partial charge on any atom is 0.128 e. The molecule has 0 aliphatic heterocycles. The van der Waals surface area contributed by atoms with Gasteiger partial charge in [0.1, 0.15) is 5.82 Å². The summed E-state index contributed by atoms with van der Waals surface area (Å²) in [5.41, 5.74) is 9.15. The lowest BCUT2D eigenvalue weighted by Gasteiger charge is -2.13. The minimum absolute atomic E-state index is 0.240. The van der Waals surface area contributed by atoms with Crippen molar-refractivity contribution in [1.82, 2.24) is 0 Å². The van der Waals surface area contributed by atoms with Crippen molar-refractivity contribution in [3.8, 4) is 11.1 Å². The number of rotatable bonds is 1. The Morgan fingerprint density at radius 1 is 1.11 bits per heavy atom. The molecule has 0 radical (unpaired) electrons. The minimum Gasteiger partial charge on any atom is -0.324 e. The van der Waals surface area contributed by atoms with Gasteiger partial charge in [0.15, 0.2) is 0 Å². The number of nitrogens with two attached hydrogens (primary N) is 1. The average Bonchev–Trinajstić information content (AvgIpc) is 2.75. The zero-order valence-electron chi connectivity index (χ0n) is 10.1. The van der Waals surface area contributed by atoms with Gasteiger partial charge in [-0.05, 0) is 42.2 Å². The van der Waals surface area contributed by atoms with E-state index in [1.54, 1.807) is 24.3 Å². The topological polar surface area (TPSA) is 26.0 Å². The van der Waals surface area contributed by atoms with Crippen LogP contribution in [0.2, 0.25) is 10.0 Å². The van der Waals surface area contributed by atoms with Crippen LogP contribution < -0.4 is 5.73 Å². The lowest BCUT2D eigenvalue weighted by molar-refractivity contribution is 0.589. The molecule has 1 aliphatic rings. The summed E-state index contributed by atoms with van der Waals surface area (Å²) in [6, 6.07) is 8.30. The predicted octanol–water partition coefficient (Wildman–Crippen LogP) is 4.75. The van der Waals surface area contributed by atoms with Gasteiger partial charge in [0.05, 0.1) is 0 Å². The first kappa shape index (κ1) is 12.9. The lowest BCUT2D eigenvalue weighted by Crippen LogP contribution is -2.07. The molecule has 0 unspecified atom stereocenters. The van der Waals surface area contributed by atoms with Crippen LogP contribution in [0.3, 0.4) is 0 Å². The van der Waals surface area contributed by atoms with Gasteiger partial charge in [-0.1, -0.05) is 35.3 Å². The van der Waals surface area contributed by atoms with Crippen LogP contribution in [0.15, 0.2) is 30.3 Å². The first-order valence-corrected chi connectivity index (χ1v) is 6.86. The molecule has 0 saturated heterocycles. The normalized spacial score (nSPS) is 17.6. The molecular weight excluding hydrogens is 284 g/mol. The van der Waals surface area contributed by atoms with Crippen molar-refractivity contribution in [3.05, 3.63) is 57.3 Å². The largest absolute Gasteiger partial charge is 0.324 e. The van der Waals surface area contributed by atoms with E-state index in [2.05, 4.69) is 0 Å². The lowest BCUT2D eigenvalue weighted by atomic mass is 9.96. The molecule has 2 N–H and O–H groups in total. The van der Waals surface area contributed by atoms with Crippen molar-refractivity contribution in [1.29, 1.82) is 0 Å². The summed E-state index contributed by atoms with van der Waals surface area (Å²) in [4.78, 5) is 0. The maximum absolute atomic E-state index is 13.9. The highest BCUT2D eigenvalue weighted by Crippen LogP contribution is 2.42. The van der Waals surface area contributed by atoms with Gasteiger partial charge in [0, 0.05) is 27.2 Å². The second-order valence-electron chi connectivity index (χ2n) is 4.73. The van der Waals surface area contributed by atoms with E-state index < -0.39 is 0 Å². The van der Waals surface area contributed by atoms with E-state index >= 15 is 0 Å². The smallest absolute Gasteiger partial charge is 0.128 e. The summed E-state index contributed by atoms with van der Waals surface area (Å²) in [6.45, 7) is 0. The highest BCUT2D eigenvalue weighted by molar-refractivity contribution is 6.39. The van der Waals surface area contributed by atoms with Crippen LogP contribution in [-0.2, 0) is 6.42 Å². The monoisotopic (exact) mass is 295 g/mol. The quantitative estimate of drug-likeness (QED) is 0.807. The molecule has 0 heterocycles. The Labute approximate surface area is 121 Å². The van der Waals surface area contributed by atoms with E-state index in [9.17, 15) is 4.39 Å². The molecule has 0 bridgehead atoms. The van der Waals surface area contributed by atoms with Gasteiger partial charge in [-0.2, -0.15) is 0 Å². The van der Waals surface area contributed by atoms with Gasteiger partial charge in [-0.25, -0.2) is 4.39 Å². The van der Waals surface area contributed by atoms with Gasteiger partial charge in [0.2, 0.25) is 0 Å². The molecule has 0 saturated carbocycles. The molecule has 1 nitrogen and oxygen atoms in total. The van der Waals surface area contributed by atoms with Crippen LogP contribution in [-0.4, -0.2) is 0 Å². The Balaban J connectivity index is 2.29. The third-order valence-corrected chi connectivity index (χ3v) is 4.24. The Hall–Kier alpha value is -1.09. The first-order valence-electron chi connectivity index (χ1n) is 6.11. The fourth-order valence-electron chi connectivity index (χ4n) is 2.74. The summed E-state index contributed by atoms with van der Waals surface area (Å²) in [5.74, 6) is -0.244. The molecule has 1 atom stereocenters. The van der Waals surface area contributed by atoms with Crippen LogP contribution in [0, 0.1) is 5.82 Å². The number of fused-ring (bicyclic) bond motifs is 1. The average molecular weight is 296 g/mol. The SMILES string of the molecule is N[C@@H]1CCc2c(-c3c(Cl)cccc3Cl)ccc(F)c21. The van der Waals surface area contributed by atoms with Gasteiger partial charge in [-0.3, -0.25) is 0 Å². The molecule has 2 aromatic carbocycles. The van der Waals surface area contributed by atoms with E-state index in [-0.39, 0.29) is 11.9 Å². The molecular formula is C15H12Cl2FN. The van der Waals surface area contributed by atoms with Gasteiger partial charge >= 0.3 is 0 Å². The molecule has 2 aromatic rings. The van der Waals surface area contributed by atoms with Crippen LogP contribution in [0.4, 0.5) is 4.39 Å². The van der Waals surface area contributed by atoms with Gasteiger partial charge in [0.25, 0.3) is 0 Å². The van der Waals surface area contributed by atoms with Crippen LogP contribution >= 0.6 is 23.2 Å². The van der Waals surface area contributed by atoms with E-state index in [1.165, 1.54) is 6.07 Å². The molecule has 0 aromatic heterocycles. The van der Waals surface area contributed by atoms with E-state index in [4.69, 9.17) is 28.9 Å². The molecule has 98 valence electrons. The number of hydrogen-bond acceptors (Lipinski definition) is 1. The third kappa shape index (κ3) is 2.04. The van der Waals surface area contributed by atoms with Gasteiger partial charge < -0.3 is 5.73 Å².